The Labute approximate surface area is 183 Å². The van der Waals surface area contributed by atoms with Crippen LogP contribution >= 0.6 is 15.9 Å². The Morgan fingerprint density at radius 3 is 1.86 bits per heavy atom. The maximum Gasteiger partial charge on any atom is 0.334 e. The Balaban J connectivity index is 3.44. The van der Waals surface area contributed by atoms with Gasteiger partial charge < -0.3 is 9.64 Å². The first-order chi connectivity index (χ1) is 13.5. The molecule has 3 nitrogen and oxygen atoms in total. The van der Waals surface area contributed by atoms with Crippen LogP contribution < -0.4 is 0 Å². The van der Waals surface area contributed by atoms with Crippen LogP contribution in [0.2, 0.25) is 0 Å². The fraction of sp³-hybridized carbons (Fsp3) is 0.875. The summed E-state index contributed by atoms with van der Waals surface area (Å²) in [4.78, 5) is 15.5. The Morgan fingerprint density at radius 1 is 0.929 bits per heavy atom. The van der Waals surface area contributed by atoms with Gasteiger partial charge in [-0.3, -0.25) is 0 Å². The van der Waals surface area contributed by atoms with Crippen LogP contribution in [0, 0.1) is 0 Å². The molecule has 0 saturated carbocycles. The number of esters is 1. The summed E-state index contributed by atoms with van der Waals surface area (Å²) in [5, 5.41) is 0. The van der Waals surface area contributed by atoms with E-state index in [2.05, 4.69) is 41.7 Å². The zero-order valence-corrected chi connectivity index (χ0v) is 20.7. The molecular weight excluding hydrogens is 414 g/mol. The van der Waals surface area contributed by atoms with Gasteiger partial charge >= 0.3 is 5.97 Å². The van der Waals surface area contributed by atoms with E-state index in [1.54, 1.807) is 11.9 Å². The van der Waals surface area contributed by atoms with Crippen LogP contribution in [0.1, 0.15) is 111 Å². The number of rotatable bonds is 19. The van der Waals surface area contributed by atoms with Gasteiger partial charge in [-0.05, 0) is 32.3 Å². The molecule has 0 aliphatic carbocycles. The van der Waals surface area contributed by atoms with Crippen molar-refractivity contribution >= 4 is 21.9 Å². The van der Waals surface area contributed by atoms with Crippen LogP contribution in [-0.4, -0.2) is 37.1 Å². The molecule has 0 N–H and O–H groups in total. The van der Waals surface area contributed by atoms with Crippen molar-refractivity contribution in [1.29, 1.82) is 0 Å². The van der Waals surface area contributed by atoms with Gasteiger partial charge in [0.1, 0.15) is 6.61 Å². The molecule has 0 aliphatic heterocycles. The van der Waals surface area contributed by atoms with Crippen molar-refractivity contribution in [3.8, 4) is 0 Å². The van der Waals surface area contributed by atoms with E-state index in [-0.39, 0.29) is 5.97 Å². The predicted molar refractivity (Wildman–Crippen MR) is 126 cm³/mol. The second kappa shape index (κ2) is 19.9. The summed E-state index contributed by atoms with van der Waals surface area (Å²) < 4.78 is 5.26. The molecule has 0 spiro atoms. The maximum atomic E-state index is 11.6. The van der Waals surface area contributed by atoms with Gasteiger partial charge in [0.25, 0.3) is 0 Å². The molecule has 0 bridgehead atoms. The SMILES string of the molecule is CCCCCCCCCCCCCCCC(C)N(C)CCOC(=O)/C(C)=C/Br. The number of hydrogen-bond donors (Lipinski definition) is 0. The minimum atomic E-state index is -0.241. The Kier molecular flexibility index (Phi) is 19.7. The molecule has 0 aromatic carbocycles. The molecular formula is C24H46BrNO2. The molecule has 0 rings (SSSR count). The molecule has 0 saturated heterocycles. The van der Waals surface area contributed by atoms with Gasteiger partial charge in [0.05, 0.1) is 0 Å². The van der Waals surface area contributed by atoms with Gasteiger partial charge in [0, 0.05) is 18.2 Å². The van der Waals surface area contributed by atoms with Crippen LogP contribution in [-0.2, 0) is 9.53 Å². The topological polar surface area (TPSA) is 29.5 Å². The molecule has 4 heteroatoms. The smallest absolute Gasteiger partial charge is 0.334 e. The third-order valence-electron chi connectivity index (χ3n) is 5.64. The average Bonchev–Trinajstić information content (AvgIpc) is 2.70. The first kappa shape index (κ1) is 27.6. The van der Waals surface area contributed by atoms with Crippen LogP contribution in [0.5, 0.6) is 0 Å². The second-order valence-electron chi connectivity index (χ2n) is 8.29. The monoisotopic (exact) mass is 459 g/mol. The van der Waals surface area contributed by atoms with Crippen LogP contribution in [0.15, 0.2) is 10.6 Å². The average molecular weight is 461 g/mol. The first-order valence-corrected chi connectivity index (χ1v) is 12.6. The van der Waals surface area contributed by atoms with E-state index in [4.69, 9.17) is 4.74 Å². The molecule has 0 aromatic rings. The summed E-state index contributed by atoms with van der Waals surface area (Å²) in [5.74, 6) is -0.241. The lowest BCUT2D eigenvalue weighted by Crippen LogP contribution is -2.32. The van der Waals surface area contributed by atoms with Crippen LogP contribution in [0.3, 0.4) is 0 Å². The summed E-state index contributed by atoms with van der Waals surface area (Å²) in [7, 11) is 2.12. The Bertz CT molecular complexity index is 398. The molecule has 0 aliphatic rings. The van der Waals surface area contributed by atoms with E-state index >= 15 is 0 Å². The number of likely N-dealkylation sites (N-methyl/N-ethyl adjacent to an activating group) is 1. The molecule has 166 valence electrons. The van der Waals surface area contributed by atoms with E-state index in [0.29, 0.717) is 18.2 Å². The number of unbranched alkanes of at least 4 members (excludes halogenated alkanes) is 12. The Hall–Kier alpha value is -0.350. The molecule has 1 unspecified atom stereocenters. The zero-order chi connectivity index (χ0) is 21.0. The maximum absolute atomic E-state index is 11.6. The Morgan fingerprint density at radius 2 is 1.39 bits per heavy atom. The molecule has 0 radical (unpaired) electrons. The van der Waals surface area contributed by atoms with Crippen molar-refractivity contribution in [3.05, 3.63) is 10.6 Å². The summed E-state index contributed by atoms with van der Waals surface area (Å²) in [6.07, 6.45) is 19.4. The van der Waals surface area contributed by atoms with Gasteiger partial charge in [-0.15, -0.1) is 0 Å². The molecule has 0 aromatic heterocycles. The standard InChI is InChI=1S/C24H46BrNO2/c1-5-6-7-8-9-10-11-12-13-14-15-16-17-18-23(3)26(4)19-20-28-24(27)22(2)21-25/h21,23H,5-20H2,1-4H3/b22-21+. The molecule has 28 heavy (non-hydrogen) atoms. The number of ether oxygens (including phenoxy) is 1. The van der Waals surface area contributed by atoms with Gasteiger partial charge in [-0.1, -0.05) is 106 Å². The van der Waals surface area contributed by atoms with Gasteiger partial charge in [-0.25, -0.2) is 4.79 Å². The van der Waals surface area contributed by atoms with Crippen molar-refractivity contribution in [2.45, 2.75) is 117 Å². The number of carbonyl (C=O) groups is 1. The summed E-state index contributed by atoms with van der Waals surface area (Å²) >= 11 is 3.16. The highest BCUT2D eigenvalue weighted by Crippen LogP contribution is 2.14. The molecule has 0 amide bonds. The van der Waals surface area contributed by atoms with Gasteiger partial charge in [-0.2, -0.15) is 0 Å². The fourth-order valence-electron chi connectivity index (χ4n) is 3.34. The number of hydrogen-bond acceptors (Lipinski definition) is 3. The van der Waals surface area contributed by atoms with E-state index < -0.39 is 0 Å². The van der Waals surface area contributed by atoms with E-state index in [0.717, 1.165) is 6.54 Å². The van der Waals surface area contributed by atoms with Gasteiger partial charge in [0.15, 0.2) is 0 Å². The predicted octanol–water partition coefficient (Wildman–Crippen LogP) is 7.63. The number of halogens is 1. The summed E-state index contributed by atoms with van der Waals surface area (Å²) in [6.45, 7) is 7.55. The van der Waals surface area contributed by atoms with Gasteiger partial charge in [0.2, 0.25) is 0 Å². The zero-order valence-electron chi connectivity index (χ0n) is 19.1. The first-order valence-electron chi connectivity index (χ1n) is 11.7. The highest BCUT2D eigenvalue weighted by molar-refractivity contribution is 9.11. The number of carbonyl (C=O) groups excluding carboxylic acids is 1. The van der Waals surface area contributed by atoms with Crippen molar-refractivity contribution in [2.75, 3.05) is 20.2 Å². The second-order valence-corrected chi connectivity index (χ2v) is 8.75. The van der Waals surface area contributed by atoms with E-state index in [9.17, 15) is 4.79 Å². The van der Waals surface area contributed by atoms with Crippen molar-refractivity contribution in [1.82, 2.24) is 4.90 Å². The summed E-state index contributed by atoms with van der Waals surface area (Å²) in [6, 6.07) is 0.541. The lowest BCUT2D eigenvalue weighted by Gasteiger charge is -2.24. The van der Waals surface area contributed by atoms with Crippen LogP contribution in [0.4, 0.5) is 0 Å². The largest absolute Gasteiger partial charge is 0.461 e. The minimum absolute atomic E-state index is 0.241. The quantitative estimate of drug-likeness (QED) is 0.113. The molecule has 0 fully saturated rings. The van der Waals surface area contributed by atoms with Crippen molar-refractivity contribution in [2.24, 2.45) is 0 Å². The van der Waals surface area contributed by atoms with E-state index in [1.807, 2.05) is 0 Å². The number of nitrogens with zero attached hydrogens (tertiary/aromatic N) is 1. The van der Waals surface area contributed by atoms with Crippen LogP contribution in [0.25, 0.3) is 0 Å². The molecule has 0 heterocycles. The summed E-state index contributed by atoms with van der Waals surface area (Å²) in [5.41, 5.74) is 0.600. The van der Waals surface area contributed by atoms with E-state index in [1.165, 1.54) is 89.9 Å². The fourth-order valence-corrected chi connectivity index (χ4v) is 3.53. The van der Waals surface area contributed by atoms with Crippen molar-refractivity contribution in [3.63, 3.8) is 0 Å². The highest BCUT2D eigenvalue weighted by atomic mass is 79.9. The lowest BCUT2D eigenvalue weighted by atomic mass is 10.0. The minimum Gasteiger partial charge on any atom is -0.461 e. The third kappa shape index (κ3) is 16.6. The van der Waals surface area contributed by atoms with Crippen molar-refractivity contribution < 1.29 is 9.53 Å². The lowest BCUT2D eigenvalue weighted by molar-refractivity contribution is -0.139. The highest BCUT2D eigenvalue weighted by Gasteiger charge is 2.10. The third-order valence-corrected chi connectivity index (χ3v) is 6.33. The molecule has 1 atom stereocenters. The normalized spacial score (nSPS) is 13.1.